The molecule has 2 unspecified atom stereocenters. The molecular formula is C11H20N2OS. The van der Waals surface area contributed by atoms with E-state index in [0.29, 0.717) is 5.92 Å². The van der Waals surface area contributed by atoms with E-state index in [2.05, 4.69) is 18.8 Å². The Morgan fingerprint density at radius 1 is 1.53 bits per heavy atom. The minimum Gasteiger partial charge on any atom is -0.391 e. The molecule has 4 heteroatoms. The molecule has 1 aromatic heterocycles. The third kappa shape index (κ3) is 4.28. The Morgan fingerprint density at radius 2 is 2.20 bits per heavy atom. The van der Waals surface area contributed by atoms with Gasteiger partial charge >= 0.3 is 0 Å². The molecule has 0 aliphatic heterocycles. The molecule has 0 fully saturated rings. The van der Waals surface area contributed by atoms with Crippen LogP contribution in [-0.2, 0) is 6.42 Å². The molecule has 1 aromatic rings. The van der Waals surface area contributed by atoms with Crippen LogP contribution in [0.4, 0.5) is 0 Å². The van der Waals surface area contributed by atoms with E-state index in [1.807, 2.05) is 13.1 Å². The molecule has 0 aliphatic rings. The van der Waals surface area contributed by atoms with E-state index < -0.39 is 6.10 Å². The fourth-order valence-electron chi connectivity index (χ4n) is 1.53. The van der Waals surface area contributed by atoms with E-state index in [1.54, 1.807) is 11.3 Å². The van der Waals surface area contributed by atoms with Crippen molar-refractivity contribution in [2.75, 3.05) is 0 Å². The monoisotopic (exact) mass is 228 g/mol. The van der Waals surface area contributed by atoms with Gasteiger partial charge in [0.05, 0.1) is 11.1 Å². The smallest absolute Gasteiger partial charge is 0.0896 e. The van der Waals surface area contributed by atoms with Gasteiger partial charge in [0.1, 0.15) is 0 Å². The van der Waals surface area contributed by atoms with Crippen LogP contribution in [0.2, 0.25) is 0 Å². The molecule has 86 valence electrons. The van der Waals surface area contributed by atoms with Crippen LogP contribution in [0.25, 0.3) is 0 Å². The first-order valence-corrected chi connectivity index (χ1v) is 6.15. The highest BCUT2D eigenvalue weighted by Crippen LogP contribution is 2.16. The van der Waals surface area contributed by atoms with Crippen molar-refractivity contribution in [3.05, 3.63) is 16.1 Å². The molecule has 0 aliphatic carbocycles. The van der Waals surface area contributed by atoms with Gasteiger partial charge in [0.25, 0.3) is 0 Å². The first-order chi connectivity index (χ1) is 6.99. The minimum absolute atomic E-state index is 0.174. The van der Waals surface area contributed by atoms with Gasteiger partial charge in [-0.3, -0.25) is 0 Å². The second-order valence-electron chi connectivity index (χ2n) is 4.41. The molecule has 0 radical (unpaired) electrons. The zero-order valence-corrected chi connectivity index (χ0v) is 10.4. The number of thiazole rings is 1. The summed E-state index contributed by atoms with van der Waals surface area (Å²) in [5.41, 5.74) is 5.94. The number of aryl methyl sites for hydroxylation is 1. The Kier molecular flexibility index (Phi) is 4.70. The highest BCUT2D eigenvalue weighted by molar-refractivity contribution is 7.11. The average Bonchev–Trinajstić information content (AvgIpc) is 2.50. The first-order valence-electron chi connectivity index (χ1n) is 5.34. The van der Waals surface area contributed by atoms with Gasteiger partial charge in [0, 0.05) is 23.5 Å². The van der Waals surface area contributed by atoms with E-state index >= 15 is 0 Å². The minimum atomic E-state index is -0.410. The van der Waals surface area contributed by atoms with Crippen molar-refractivity contribution in [2.45, 2.75) is 45.8 Å². The lowest BCUT2D eigenvalue weighted by atomic mass is 9.98. The highest BCUT2D eigenvalue weighted by atomic mass is 32.1. The Morgan fingerprint density at radius 3 is 2.67 bits per heavy atom. The fourth-order valence-corrected chi connectivity index (χ4v) is 2.39. The maximum absolute atomic E-state index is 9.82. The topological polar surface area (TPSA) is 59.1 Å². The molecule has 2 atom stereocenters. The third-order valence-corrected chi connectivity index (χ3v) is 3.25. The van der Waals surface area contributed by atoms with E-state index in [4.69, 9.17) is 5.73 Å². The highest BCUT2D eigenvalue weighted by Gasteiger charge is 2.17. The number of nitrogens with zero attached hydrogens (tertiary/aromatic N) is 1. The number of aliphatic hydroxyl groups excluding tert-OH is 1. The summed E-state index contributed by atoms with van der Waals surface area (Å²) in [5.74, 6) is 0.481. The number of nitrogens with two attached hydrogens (primary N) is 1. The van der Waals surface area contributed by atoms with Gasteiger partial charge in [-0.15, -0.1) is 11.3 Å². The largest absolute Gasteiger partial charge is 0.391 e. The van der Waals surface area contributed by atoms with E-state index in [0.717, 1.165) is 22.7 Å². The predicted molar refractivity (Wildman–Crippen MR) is 64.0 cm³/mol. The summed E-state index contributed by atoms with van der Waals surface area (Å²) in [7, 11) is 0. The number of hydrogen-bond donors (Lipinski definition) is 2. The number of rotatable bonds is 5. The van der Waals surface area contributed by atoms with Crippen molar-refractivity contribution in [2.24, 2.45) is 11.7 Å². The Balaban J connectivity index is 2.44. The third-order valence-electron chi connectivity index (χ3n) is 2.31. The van der Waals surface area contributed by atoms with Crippen LogP contribution in [0, 0.1) is 12.8 Å². The fraction of sp³-hybridized carbons (Fsp3) is 0.727. The lowest BCUT2D eigenvalue weighted by Crippen LogP contribution is -2.37. The van der Waals surface area contributed by atoms with Gasteiger partial charge in [-0.25, -0.2) is 4.98 Å². The Hall–Kier alpha value is -0.450. The zero-order chi connectivity index (χ0) is 11.4. The van der Waals surface area contributed by atoms with E-state index in [1.165, 1.54) is 0 Å². The van der Waals surface area contributed by atoms with Gasteiger partial charge in [0.2, 0.25) is 0 Å². The van der Waals surface area contributed by atoms with Crippen molar-refractivity contribution < 1.29 is 5.11 Å². The average molecular weight is 228 g/mol. The second-order valence-corrected chi connectivity index (χ2v) is 5.73. The van der Waals surface area contributed by atoms with Crippen LogP contribution in [0.5, 0.6) is 0 Å². The maximum Gasteiger partial charge on any atom is 0.0896 e. The summed E-state index contributed by atoms with van der Waals surface area (Å²) < 4.78 is 0. The van der Waals surface area contributed by atoms with Crippen molar-refractivity contribution >= 4 is 11.3 Å². The van der Waals surface area contributed by atoms with Crippen LogP contribution in [0.15, 0.2) is 6.20 Å². The second kappa shape index (κ2) is 5.58. The van der Waals surface area contributed by atoms with Crippen molar-refractivity contribution in [1.82, 2.24) is 4.98 Å². The standard InChI is InChI=1S/C11H20N2OS/c1-7(2)4-11(14)10(12)5-9-6-13-8(3)15-9/h6-7,10-11,14H,4-5,12H2,1-3H3. The molecular weight excluding hydrogens is 208 g/mol. The molecule has 3 nitrogen and oxygen atoms in total. The van der Waals surface area contributed by atoms with Crippen LogP contribution in [0.3, 0.4) is 0 Å². The molecule has 0 saturated carbocycles. The van der Waals surface area contributed by atoms with Crippen LogP contribution in [0.1, 0.15) is 30.2 Å². The lowest BCUT2D eigenvalue weighted by Gasteiger charge is -2.19. The number of aromatic nitrogens is 1. The molecule has 1 heterocycles. The van der Waals surface area contributed by atoms with Crippen LogP contribution >= 0.6 is 11.3 Å². The van der Waals surface area contributed by atoms with Gasteiger partial charge < -0.3 is 10.8 Å². The van der Waals surface area contributed by atoms with Gasteiger partial charge in [-0.2, -0.15) is 0 Å². The lowest BCUT2D eigenvalue weighted by molar-refractivity contribution is 0.121. The van der Waals surface area contributed by atoms with Crippen molar-refractivity contribution in [1.29, 1.82) is 0 Å². The van der Waals surface area contributed by atoms with Crippen molar-refractivity contribution in [3.63, 3.8) is 0 Å². The number of hydrogen-bond acceptors (Lipinski definition) is 4. The number of aliphatic hydroxyl groups is 1. The summed E-state index contributed by atoms with van der Waals surface area (Å²) in [6.07, 6.45) is 2.92. The molecule has 1 rings (SSSR count). The summed E-state index contributed by atoms with van der Waals surface area (Å²) in [4.78, 5) is 5.33. The van der Waals surface area contributed by atoms with E-state index in [9.17, 15) is 5.11 Å². The predicted octanol–water partition coefficient (Wildman–Crippen LogP) is 1.73. The zero-order valence-electron chi connectivity index (χ0n) is 9.60. The molecule has 15 heavy (non-hydrogen) atoms. The van der Waals surface area contributed by atoms with Gasteiger partial charge in [0.15, 0.2) is 0 Å². The van der Waals surface area contributed by atoms with Gasteiger partial charge in [-0.1, -0.05) is 13.8 Å². The van der Waals surface area contributed by atoms with Crippen molar-refractivity contribution in [3.8, 4) is 0 Å². The molecule has 3 N–H and O–H groups in total. The normalized spacial score (nSPS) is 15.6. The molecule has 0 bridgehead atoms. The summed E-state index contributed by atoms with van der Waals surface area (Å²) in [6, 6.07) is -0.174. The molecule has 0 saturated heterocycles. The van der Waals surface area contributed by atoms with Crippen LogP contribution in [-0.4, -0.2) is 22.2 Å². The van der Waals surface area contributed by atoms with E-state index in [-0.39, 0.29) is 6.04 Å². The Bertz CT molecular complexity index is 299. The van der Waals surface area contributed by atoms with Gasteiger partial charge in [-0.05, 0) is 19.3 Å². The maximum atomic E-state index is 9.82. The van der Waals surface area contributed by atoms with Crippen LogP contribution < -0.4 is 5.73 Å². The Labute approximate surface area is 95.3 Å². The quantitative estimate of drug-likeness (QED) is 0.807. The summed E-state index contributed by atoms with van der Waals surface area (Å²) >= 11 is 1.65. The molecule has 0 spiro atoms. The summed E-state index contributed by atoms with van der Waals surface area (Å²) in [6.45, 7) is 6.16. The summed E-state index contributed by atoms with van der Waals surface area (Å²) in [5, 5.41) is 10.9. The SMILES string of the molecule is Cc1ncc(CC(N)C(O)CC(C)C)s1. The molecule has 0 aromatic carbocycles. The first kappa shape index (κ1) is 12.6. The molecule has 0 amide bonds.